The summed E-state index contributed by atoms with van der Waals surface area (Å²) in [6.45, 7) is 8.55. The Morgan fingerprint density at radius 2 is 1.53 bits per heavy atom. The maximum atomic E-state index is 6.52. The third-order valence-corrected chi connectivity index (χ3v) is 7.98. The quantitative estimate of drug-likeness (QED) is 0.168. The topological polar surface area (TPSA) is 41.0 Å². The second-order valence-corrected chi connectivity index (χ2v) is 11.8. The third kappa shape index (κ3) is 4.96. The van der Waals surface area contributed by atoms with Crippen molar-refractivity contribution in [2.75, 3.05) is 12.1 Å². The summed E-state index contributed by atoms with van der Waals surface area (Å²) in [5, 5.41) is 6.17. The fraction of sp³-hybridized carbons (Fsp3) is 0.162. The van der Waals surface area contributed by atoms with Crippen molar-refractivity contribution >= 4 is 12.0 Å². The van der Waals surface area contributed by atoms with E-state index in [1.54, 1.807) is 11.3 Å². The van der Waals surface area contributed by atoms with E-state index in [1.807, 2.05) is 55.0 Å². The molecule has 0 saturated carbocycles. The first kappa shape index (κ1) is 28.9. The third-order valence-electron chi connectivity index (χ3n) is 7.98. The van der Waals surface area contributed by atoms with Crippen molar-refractivity contribution in [3.8, 4) is 22.8 Å². The van der Waals surface area contributed by atoms with Gasteiger partial charge in [0.1, 0.15) is 0 Å². The molecule has 2 aliphatic rings. The van der Waals surface area contributed by atoms with Crippen molar-refractivity contribution in [2.24, 2.45) is 5.10 Å². The van der Waals surface area contributed by atoms with Gasteiger partial charge in [0.15, 0.2) is 0 Å². The van der Waals surface area contributed by atoms with Crippen molar-refractivity contribution < 1.29 is 25.8 Å². The van der Waals surface area contributed by atoms with Crippen LogP contribution in [0.5, 0.6) is 11.6 Å². The number of nitrogens with zero attached hydrogens (tertiary/aromatic N) is 4. The van der Waals surface area contributed by atoms with Crippen LogP contribution in [0.25, 0.3) is 11.1 Å². The molecule has 5 aromatic rings. The molecule has 1 aliphatic heterocycles. The van der Waals surface area contributed by atoms with Crippen LogP contribution in [0.3, 0.4) is 0 Å². The summed E-state index contributed by atoms with van der Waals surface area (Å²) in [5.74, 6) is 1.09. The Morgan fingerprint density at radius 1 is 0.837 bits per heavy atom. The molecule has 4 aromatic carbocycles. The maximum absolute atomic E-state index is 6.52. The van der Waals surface area contributed by atoms with Gasteiger partial charge in [-0.15, -0.1) is 30.4 Å². The molecule has 0 unspecified atom stereocenters. The van der Waals surface area contributed by atoms with E-state index in [1.165, 1.54) is 22.3 Å². The Labute approximate surface area is 268 Å². The Bertz CT molecular complexity index is 1770. The molecule has 0 spiro atoms. The van der Waals surface area contributed by atoms with Crippen molar-refractivity contribution in [3.05, 3.63) is 150 Å². The number of hydrogen-bond acceptors (Lipinski definition) is 5. The van der Waals surface area contributed by atoms with Gasteiger partial charge in [-0.3, -0.25) is 0 Å². The number of pyridine rings is 1. The van der Waals surface area contributed by atoms with E-state index < -0.39 is 5.41 Å². The van der Waals surface area contributed by atoms with Gasteiger partial charge in [-0.1, -0.05) is 75.0 Å². The number of fused-ring (bicyclic) bond motifs is 3. The fourth-order valence-corrected chi connectivity index (χ4v) is 5.98. The van der Waals surface area contributed by atoms with E-state index in [9.17, 15) is 0 Å². The van der Waals surface area contributed by atoms with Gasteiger partial charge < -0.3 is 14.6 Å². The summed E-state index contributed by atoms with van der Waals surface area (Å²) in [6.07, 6.45) is 1.75. The molecule has 0 N–H and O–H groups in total. The summed E-state index contributed by atoms with van der Waals surface area (Å²) in [4.78, 5) is 7.18. The van der Waals surface area contributed by atoms with Gasteiger partial charge in [0.25, 0.3) is 0 Å². The predicted molar refractivity (Wildman–Crippen MR) is 167 cm³/mol. The standard InChI is InChI=1S/C37H31N4O.Pt/c1-36(2,3)27-21-34(39-35(22-27)42-29-16-12-15-28(23-29)41-25-40(4)24-38-41)37(26-13-6-5-7-14-26)32-19-10-8-17-30(32)31-18-9-11-20-33(31)37;/h5-13,15-22,24-25H,1-4H3;/q-3;. The zero-order valence-electron chi connectivity index (χ0n) is 24.5. The molecular formula is C37H31N4OPt-3. The summed E-state index contributed by atoms with van der Waals surface area (Å²) in [6, 6.07) is 42.6. The number of aromatic nitrogens is 1. The zero-order valence-corrected chi connectivity index (χ0v) is 26.8. The van der Waals surface area contributed by atoms with Crippen LogP contribution in [0.4, 0.5) is 5.69 Å². The molecule has 218 valence electrons. The first-order valence-corrected chi connectivity index (χ1v) is 14.1. The van der Waals surface area contributed by atoms with Crippen molar-refractivity contribution in [3.63, 3.8) is 0 Å². The van der Waals surface area contributed by atoms with Gasteiger partial charge in [-0.05, 0) is 46.3 Å². The Morgan fingerprint density at radius 3 is 2.16 bits per heavy atom. The molecule has 2 heterocycles. The summed E-state index contributed by atoms with van der Waals surface area (Å²) in [7, 11) is 1.94. The molecular weight excluding hydrogens is 712 g/mol. The molecule has 5 nitrogen and oxygen atoms in total. The van der Waals surface area contributed by atoms with Crippen LogP contribution in [0.1, 0.15) is 48.7 Å². The predicted octanol–water partition coefficient (Wildman–Crippen LogP) is 7.95. The molecule has 1 aliphatic carbocycles. The van der Waals surface area contributed by atoms with E-state index in [2.05, 4.69) is 105 Å². The Kier molecular flexibility index (Phi) is 7.48. The molecule has 6 heteroatoms. The van der Waals surface area contributed by atoms with Gasteiger partial charge in [-0.25, -0.2) is 4.98 Å². The Balaban J connectivity index is 0.00000329. The van der Waals surface area contributed by atoms with Crippen LogP contribution in [0.2, 0.25) is 0 Å². The van der Waals surface area contributed by atoms with Gasteiger partial charge in [0.05, 0.1) is 17.4 Å². The van der Waals surface area contributed by atoms with Crippen molar-refractivity contribution in [1.29, 1.82) is 0 Å². The second-order valence-electron chi connectivity index (χ2n) is 11.8. The van der Waals surface area contributed by atoms with Crippen LogP contribution in [0.15, 0.2) is 108 Å². The van der Waals surface area contributed by atoms with Gasteiger partial charge in [-0.2, -0.15) is 41.5 Å². The van der Waals surface area contributed by atoms with Crippen LogP contribution in [0, 0.1) is 18.8 Å². The SMILES string of the molecule is CN1C=NN(c2[c-]c(Oc3cc(C(C)(C)C)cc(C4(c5[c-]cccc5)c5ccccc5-c5ccccc54)n3)ccc2)[CH-]1.[Pt]. The zero-order chi connectivity index (χ0) is 28.9. The molecule has 1 aromatic heterocycles. The normalized spacial score (nSPS) is 14.7. The average Bonchev–Trinajstić information content (AvgIpc) is 3.57. The number of rotatable bonds is 5. The van der Waals surface area contributed by atoms with E-state index >= 15 is 0 Å². The monoisotopic (exact) mass is 742 g/mol. The van der Waals surface area contributed by atoms with E-state index in [4.69, 9.17) is 9.72 Å². The minimum atomic E-state index is -0.664. The number of benzene rings is 4. The minimum Gasteiger partial charge on any atom is -0.493 e. The van der Waals surface area contributed by atoms with E-state index in [0.717, 1.165) is 22.5 Å². The summed E-state index contributed by atoms with van der Waals surface area (Å²) in [5.41, 5.74) is 7.87. The van der Waals surface area contributed by atoms with Gasteiger partial charge in [0, 0.05) is 32.9 Å². The van der Waals surface area contributed by atoms with Crippen LogP contribution in [-0.4, -0.2) is 23.3 Å². The van der Waals surface area contributed by atoms with E-state index in [-0.39, 0.29) is 26.5 Å². The van der Waals surface area contributed by atoms with E-state index in [0.29, 0.717) is 11.6 Å². The van der Waals surface area contributed by atoms with Crippen molar-refractivity contribution in [2.45, 2.75) is 31.6 Å². The van der Waals surface area contributed by atoms with Crippen molar-refractivity contribution in [1.82, 2.24) is 9.88 Å². The largest absolute Gasteiger partial charge is 0.493 e. The Hall–Kier alpha value is -4.21. The number of ether oxygens (including phenoxy) is 1. The molecule has 0 amide bonds. The number of hydrogen-bond donors (Lipinski definition) is 0. The molecule has 0 atom stereocenters. The van der Waals surface area contributed by atoms with Crippen LogP contribution < -0.4 is 9.75 Å². The number of hydrazone groups is 1. The second kappa shape index (κ2) is 11.1. The van der Waals surface area contributed by atoms with Crippen LogP contribution in [-0.2, 0) is 31.9 Å². The molecule has 0 bridgehead atoms. The van der Waals surface area contributed by atoms with Gasteiger partial charge in [0.2, 0.25) is 5.88 Å². The summed E-state index contributed by atoms with van der Waals surface area (Å²) >= 11 is 0. The van der Waals surface area contributed by atoms with Gasteiger partial charge >= 0.3 is 0 Å². The molecule has 7 rings (SSSR count). The smallest absolute Gasteiger partial charge is 0.217 e. The molecule has 0 radical (unpaired) electrons. The van der Waals surface area contributed by atoms with Crippen LogP contribution >= 0.6 is 0 Å². The average molecular weight is 743 g/mol. The fourth-order valence-electron chi connectivity index (χ4n) is 5.98. The minimum absolute atomic E-state index is 0. The number of anilines is 1. The molecule has 0 fully saturated rings. The molecule has 0 saturated heterocycles. The first-order chi connectivity index (χ1) is 20.3. The molecule has 43 heavy (non-hydrogen) atoms. The summed E-state index contributed by atoms with van der Waals surface area (Å²) < 4.78 is 6.52. The first-order valence-electron chi connectivity index (χ1n) is 14.1. The maximum Gasteiger partial charge on any atom is 0.217 e.